The number of benzene rings is 2. The van der Waals surface area contributed by atoms with Gasteiger partial charge in [0.2, 0.25) is 0 Å². The predicted octanol–water partition coefficient (Wildman–Crippen LogP) is 1.93. The molecule has 1 amide bonds. The minimum Gasteiger partial charge on any atom is -0.496 e. The highest BCUT2D eigenvalue weighted by Gasteiger charge is 2.13. The maximum Gasteiger partial charge on any atom is 0.276 e. The van der Waals surface area contributed by atoms with Gasteiger partial charge in [-0.25, -0.2) is 0 Å². The van der Waals surface area contributed by atoms with Crippen molar-refractivity contribution in [3.63, 3.8) is 0 Å². The molecule has 0 fully saturated rings. The molecule has 30 heavy (non-hydrogen) atoms. The predicted molar refractivity (Wildman–Crippen MR) is 121 cm³/mol. The van der Waals surface area contributed by atoms with Crippen molar-refractivity contribution < 1.29 is 22.7 Å². The zero-order valence-electron chi connectivity index (χ0n) is 16.6. The number of carbonyl (C=O) groups excluding carboxylic acids is 1. The van der Waals surface area contributed by atoms with Crippen LogP contribution in [0.3, 0.4) is 0 Å². The number of anilines is 1. The van der Waals surface area contributed by atoms with Crippen LogP contribution in [0.1, 0.15) is 15.9 Å². The van der Waals surface area contributed by atoms with Crippen molar-refractivity contribution in [3.8, 4) is 11.5 Å². The van der Waals surface area contributed by atoms with Gasteiger partial charge in [0.1, 0.15) is 11.5 Å². The molecule has 0 aliphatic carbocycles. The van der Waals surface area contributed by atoms with Gasteiger partial charge in [-0.3, -0.25) is 10.1 Å². The Kier molecular flexibility index (Phi) is 9.18. The van der Waals surface area contributed by atoms with E-state index in [2.05, 4.69) is 16.0 Å². The van der Waals surface area contributed by atoms with Crippen molar-refractivity contribution in [1.29, 1.82) is 0 Å². The molecular formula is C19H22ClN3O5S2. The summed E-state index contributed by atoms with van der Waals surface area (Å²) in [5.74, 6) is 0.703. The molecule has 11 heteroatoms. The van der Waals surface area contributed by atoms with Gasteiger partial charge < -0.3 is 20.1 Å². The second-order valence-electron chi connectivity index (χ2n) is 5.88. The Balaban J connectivity index is 2.12. The Morgan fingerprint density at radius 3 is 2.43 bits per heavy atom. The van der Waals surface area contributed by atoms with Crippen LogP contribution in [0.5, 0.6) is 11.5 Å². The zero-order chi connectivity index (χ0) is 22.1. The van der Waals surface area contributed by atoms with Gasteiger partial charge in [0.05, 0.1) is 25.5 Å². The van der Waals surface area contributed by atoms with E-state index in [1.807, 2.05) is 12.1 Å². The summed E-state index contributed by atoms with van der Waals surface area (Å²) in [6, 6.07) is 10.3. The number of methoxy groups -OCH3 is 2. The average molecular weight is 472 g/mol. The lowest BCUT2D eigenvalue weighted by Crippen LogP contribution is -2.27. The number of ether oxygens (including phenoxy) is 2. The molecule has 0 saturated heterocycles. The minimum absolute atomic E-state index is 0.290. The van der Waals surface area contributed by atoms with E-state index in [4.69, 9.17) is 21.1 Å². The van der Waals surface area contributed by atoms with Gasteiger partial charge >= 0.3 is 0 Å². The Bertz CT molecular complexity index is 1090. The Morgan fingerprint density at radius 1 is 1.10 bits per heavy atom. The van der Waals surface area contributed by atoms with Crippen molar-refractivity contribution in [3.05, 3.63) is 52.5 Å². The van der Waals surface area contributed by atoms with E-state index in [1.54, 1.807) is 31.3 Å². The van der Waals surface area contributed by atoms with E-state index in [-0.39, 0.29) is 5.91 Å². The molecule has 0 radical (unpaired) electrons. The van der Waals surface area contributed by atoms with Gasteiger partial charge in [-0.2, -0.15) is 8.42 Å². The maximum atomic E-state index is 12.5. The molecule has 0 aliphatic rings. The lowest BCUT2D eigenvalue weighted by atomic mass is 10.1. The van der Waals surface area contributed by atoms with Crippen LogP contribution in [0.15, 0.2) is 36.4 Å². The molecule has 8 nitrogen and oxygen atoms in total. The van der Waals surface area contributed by atoms with Gasteiger partial charge in [-0.15, -0.1) is 0 Å². The first-order valence-corrected chi connectivity index (χ1v) is 11.5. The molecule has 0 unspecified atom stereocenters. The molecule has 3 N–H and O–H groups in total. The summed E-state index contributed by atoms with van der Waals surface area (Å²) < 4.78 is 32.4. The van der Waals surface area contributed by atoms with Crippen LogP contribution in [-0.2, 0) is 25.6 Å². The molecule has 0 atom stereocenters. The Hall–Kier alpha value is -2.53. The first-order valence-electron chi connectivity index (χ1n) is 8.76. The van der Waals surface area contributed by atoms with Crippen molar-refractivity contribution >= 4 is 47.5 Å². The molecule has 0 aromatic heterocycles. The standard InChI is InChI=1S/C19H22ClN3O5S2/c1-21-19(29-30(25)26)23-15-10-12(4-6-17(15)28-3)8-9-22-18(24)14-11-13(20)5-7-16(14)27-2/h4-7,10-11,21,23H,8-9H2,1-3H3,(H,22,24). The van der Waals surface area contributed by atoms with Crippen molar-refractivity contribution in [2.24, 2.45) is 0 Å². The molecule has 2 rings (SSSR count). The SMILES string of the molecule is CNC(Nc1cc(CCNC(=O)c2cc(Cl)ccc2OC)ccc1OC)=S=S(=O)=O. The summed E-state index contributed by atoms with van der Waals surface area (Å²) >= 11 is 5.98. The van der Waals surface area contributed by atoms with Crippen LogP contribution < -0.4 is 25.4 Å². The highest BCUT2D eigenvalue weighted by Crippen LogP contribution is 2.26. The summed E-state index contributed by atoms with van der Waals surface area (Å²) in [7, 11) is 2.92. The average Bonchev–Trinajstić information content (AvgIpc) is 2.73. The third kappa shape index (κ3) is 6.77. The Labute approximate surface area is 184 Å². The lowest BCUT2D eigenvalue weighted by Gasteiger charge is -2.14. The van der Waals surface area contributed by atoms with E-state index >= 15 is 0 Å². The lowest BCUT2D eigenvalue weighted by molar-refractivity contribution is 0.0951. The minimum atomic E-state index is -2.32. The van der Waals surface area contributed by atoms with Crippen LogP contribution in [0.25, 0.3) is 0 Å². The van der Waals surface area contributed by atoms with E-state index in [1.165, 1.54) is 14.2 Å². The number of nitrogens with one attached hydrogen (secondary N) is 3. The van der Waals surface area contributed by atoms with Gasteiger partial charge in [0, 0.05) is 21.5 Å². The van der Waals surface area contributed by atoms with Crippen molar-refractivity contribution in [2.45, 2.75) is 6.42 Å². The normalized spacial score (nSPS) is 10.1. The fourth-order valence-corrected chi connectivity index (χ4v) is 3.92. The van der Waals surface area contributed by atoms with E-state index in [0.717, 1.165) is 5.56 Å². The monoisotopic (exact) mass is 471 g/mol. The highest BCUT2D eigenvalue weighted by molar-refractivity contribution is 8.23. The second-order valence-corrected chi connectivity index (χ2v) is 8.61. The van der Waals surface area contributed by atoms with Gasteiger partial charge in [-0.1, -0.05) is 17.7 Å². The number of rotatable bonds is 7. The smallest absolute Gasteiger partial charge is 0.276 e. The first-order chi connectivity index (χ1) is 14.4. The third-order valence-corrected chi connectivity index (χ3v) is 5.75. The first kappa shape index (κ1) is 23.7. The molecule has 0 bridgehead atoms. The highest BCUT2D eigenvalue weighted by atomic mass is 35.5. The largest absolute Gasteiger partial charge is 0.496 e. The van der Waals surface area contributed by atoms with Crippen molar-refractivity contribution in [2.75, 3.05) is 33.1 Å². The third-order valence-electron chi connectivity index (χ3n) is 4.00. The maximum absolute atomic E-state index is 12.5. The van der Waals surface area contributed by atoms with E-state index in [0.29, 0.717) is 55.8 Å². The molecule has 2 aromatic rings. The summed E-state index contributed by atoms with van der Waals surface area (Å²) in [6.07, 6.45) is 0.544. The van der Waals surface area contributed by atoms with Gasteiger partial charge in [0.25, 0.3) is 15.2 Å². The number of hydrogen-bond acceptors (Lipinski definition) is 5. The molecule has 0 heterocycles. The summed E-state index contributed by atoms with van der Waals surface area (Å²) in [4.78, 5) is 12.5. The molecule has 162 valence electrons. The number of carbonyl (C=O) groups is 1. The fourth-order valence-electron chi connectivity index (χ4n) is 2.60. The molecule has 2 aromatic carbocycles. The quantitative estimate of drug-likeness (QED) is 0.530. The summed E-state index contributed by atoms with van der Waals surface area (Å²) in [5.41, 5.74) is 1.87. The number of halogens is 1. The van der Waals surface area contributed by atoms with Gasteiger partial charge in [-0.05, 0) is 49.4 Å². The zero-order valence-corrected chi connectivity index (χ0v) is 19.0. The van der Waals surface area contributed by atoms with Crippen LogP contribution in [0.4, 0.5) is 5.69 Å². The van der Waals surface area contributed by atoms with E-state index < -0.39 is 9.26 Å². The van der Waals surface area contributed by atoms with Crippen LogP contribution in [0.2, 0.25) is 5.02 Å². The fraction of sp³-hybridized carbons (Fsp3) is 0.263. The van der Waals surface area contributed by atoms with Crippen LogP contribution in [0, 0.1) is 0 Å². The molecule has 0 spiro atoms. The van der Waals surface area contributed by atoms with Crippen LogP contribution >= 0.6 is 11.6 Å². The van der Waals surface area contributed by atoms with E-state index in [9.17, 15) is 13.2 Å². The van der Waals surface area contributed by atoms with Crippen molar-refractivity contribution in [1.82, 2.24) is 10.6 Å². The summed E-state index contributed by atoms with van der Waals surface area (Å²) in [5, 5.41) is 9.40. The number of amides is 1. The summed E-state index contributed by atoms with van der Waals surface area (Å²) in [6.45, 7) is 0.377. The topological polar surface area (TPSA) is 106 Å². The molecule has 0 saturated carbocycles. The van der Waals surface area contributed by atoms with Gasteiger partial charge in [0.15, 0.2) is 5.11 Å². The molecular weight excluding hydrogens is 450 g/mol. The Morgan fingerprint density at radius 2 is 1.80 bits per heavy atom. The molecule has 0 aliphatic heterocycles. The van der Waals surface area contributed by atoms with Crippen LogP contribution in [-0.4, -0.2) is 47.2 Å². The number of hydrogen-bond donors (Lipinski definition) is 3. The second kappa shape index (κ2) is 11.6.